The van der Waals surface area contributed by atoms with Gasteiger partial charge in [0.1, 0.15) is 28.9 Å². The molecular formula is C16H17N5O2S. The normalized spacial score (nSPS) is 10.6. The summed E-state index contributed by atoms with van der Waals surface area (Å²) in [7, 11) is 3.26. The summed E-state index contributed by atoms with van der Waals surface area (Å²) in [5, 5.41) is 3.98. The SMILES string of the molecule is COc1ccc(CNc2ncnc3cnc(SC)nc23)c(OC)c1. The van der Waals surface area contributed by atoms with Crippen molar-refractivity contribution in [2.24, 2.45) is 0 Å². The van der Waals surface area contributed by atoms with E-state index in [-0.39, 0.29) is 0 Å². The summed E-state index contributed by atoms with van der Waals surface area (Å²) in [6, 6.07) is 5.70. The molecule has 0 unspecified atom stereocenters. The first kappa shape index (κ1) is 16.3. The molecule has 0 aliphatic heterocycles. The second kappa shape index (κ2) is 7.31. The first-order valence-electron chi connectivity index (χ1n) is 7.21. The Labute approximate surface area is 143 Å². The Balaban J connectivity index is 1.88. The predicted octanol–water partition coefficient (Wildman–Crippen LogP) is 2.77. The van der Waals surface area contributed by atoms with Crippen molar-refractivity contribution in [3.05, 3.63) is 36.3 Å². The molecule has 0 radical (unpaired) electrons. The first-order valence-corrected chi connectivity index (χ1v) is 8.44. The van der Waals surface area contributed by atoms with Crippen LogP contribution in [0.2, 0.25) is 0 Å². The Hall–Kier alpha value is -2.61. The number of anilines is 1. The van der Waals surface area contributed by atoms with E-state index in [2.05, 4.69) is 25.3 Å². The molecule has 0 saturated carbocycles. The van der Waals surface area contributed by atoms with Gasteiger partial charge in [-0.1, -0.05) is 11.8 Å². The molecule has 0 saturated heterocycles. The van der Waals surface area contributed by atoms with Crippen LogP contribution in [0, 0.1) is 0 Å². The van der Waals surface area contributed by atoms with Gasteiger partial charge in [0.15, 0.2) is 11.0 Å². The van der Waals surface area contributed by atoms with Gasteiger partial charge in [0.05, 0.1) is 20.4 Å². The van der Waals surface area contributed by atoms with Gasteiger partial charge in [-0.3, -0.25) is 0 Å². The van der Waals surface area contributed by atoms with E-state index in [1.165, 1.54) is 18.1 Å². The number of hydrogen-bond donors (Lipinski definition) is 1. The Morgan fingerprint density at radius 3 is 2.75 bits per heavy atom. The molecule has 3 rings (SSSR count). The van der Waals surface area contributed by atoms with Crippen LogP contribution in [0.1, 0.15) is 5.56 Å². The number of hydrogen-bond acceptors (Lipinski definition) is 8. The van der Waals surface area contributed by atoms with Gasteiger partial charge in [0, 0.05) is 18.2 Å². The third-order valence-corrected chi connectivity index (χ3v) is 4.04. The Morgan fingerprint density at radius 2 is 2.00 bits per heavy atom. The molecule has 0 atom stereocenters. The average molecular weight is 343 g/mol. The van der Waals surface area contributed by atoms with E-state index in [1.807, 2.05) is 24.5 Å². The Bertz CT molecular complexity index is 859. The summed E-state index contributed by atoms with van der Waals surface area (Å²) in [5.74, 6) is 2.16. The van der Waals surface area contributed by atoms with Crippen molar-refractivity contribution in [3.8, 4) is 11.5 Å². The molecule has 0 aliphatic carbocycles. The zero-order valence-corrected chi connectivity index (χ0v) is 14.4. The summed E-state index contributed by atoms with van der Waals surface area (Å²) >= 11 is 1.48. The van der Waals surface area contributed by atoms with E-state index in [1.54, 1.807) is 20.4 Å². The van der Waals surface area contributed by atoms with Gasteiger partial charge in [-0.2, -0.15) is 0 Å². The van der Waals surface area contributed by atoms with Gasteiger partial charge in [-0.25, -0.2) is 19.9 Å². The lowest BCUT2D eigenvalue weighted by Gasteiger charge is -2.12. The molecular weight excluding hydrogens is 326 g/mol. The van der Waals surface area contributed by atoms with Crippen LogP contribution in [0.15, 0.2) is 35.9 Å². The molecule has 8 heteroatoms. The van der Waals surface area contributed by atoms with Crippen LogP contribution in [0.5, 0.6) is 11.5 Å². The van der Waals surface area contributed by atoms with Crippen molar-refractivity contribution in [1.29, 1.82) is 0 Å². The van der Waals surface area contributed by atoms with Crippen molar-refractivity contribution in [3.63, 3.8) is 0 Å². The highest BCUT2D eigenvalue weighted by Crippen LogP contribution is 2.26. The molecule has 0 aliphatic rings. The quantitative estimate of drug-likeness (QED) is 0.540. The summed E-state index contributed by atoms with van der Waals surface area (Å²) in [6.07, 6.45) is 5.13. The summed E-state index contributed by atoms with van der Waals surface area (Å²) < 4.78 is 10.6. The number of ether oxygens (including phenoxy) is 2. The number of aromatic nitrogens is 4. The predicted molar refractivity (Wildman–Crippen MR) is 93.8 cm³/mol. The zero-order valence-electron chi connectivity index (χ0n) is 13.6. The van der Waals surface area contributed by atoms with Crippen molar-refractivity contribution >= 4 is 28.6 Å². The summed E-state index contributed by atoms with van der Waals surface area (Å²) in [5.41, 5.74) is 2.39. The van der Waals surface area contributed by atoms with Crippen LogP contribution in [-0.2, 0) is 6.54 Å². The second-order valence-corrected chi connectivity index (χ2v) is 5.62. The number of fused-ring (bicyclic) bond motifs is 1. The van der Waals surface area contributed by atoms with Crippen molar-refractivity contribution < 1.29 is 9.47 Å². The maximum Gasteiger partial charge on any atom is 0.188 e. The number of rotatable bonds is 6. The molecule has 2 heterocycles. The fourth-order valence-corrected chi connectivity index (χ4v) is 2.58. The minimum Gasteiger partial charge on any atom is -0.497 e. The maximum atomic E-state index is 5.42. The summed E-state index contributed by atoms with van der Waals surface area (Å²) in [4.78, 5) is 17.2. The molecule has 124 valence electrons. The van der Waals surface area contributed by atoms with Crippen LogP contribution in [0.3, 0.4) is 0 Å². The Kier molecular flexibility index (Phi) is 4.95. The van der Waals surface area contributed by atoms with E-state index in [9.17, 15) is 0 Å². The largest absolute Gasteiger partial charge is 0.497 e. The molecule has 3 aromatic rings. The number of methoxy groups -OCH3 is 2. The lowest BCUT2D eigenvalue weighted by molar-refractivity contribution is 0.391. The molecule has 7 nitrogen and oxygen atoms in total. The van der Waals surface area contributed by atoms with Crippen LogP contribution in [0.4, 0.5) is 5.82 Å². The topological polar surface area (TPSA) is 82.0 Å². The number of thioether (sulfide) groups is 1. The minimum atomic E-state index is 0.540. The van der Waals surface area contributed by atoms with Crippen LogP contribution >= 0.6 is 11.8 Å². The highest BCUT2D eigenvalue weighted by molar-refractivity contribution is 7.98. The van der Waals surface area contributed by atoms with Crippen molar-refractivity contribution in [2.45, 2.75) is 11.7 Å². The fraction of sp³-hybridized carbons (Fsp3) is 0.250. The highest BCUT2D eigenvalue weighted by atomic mass is 32.2. The molecule has 0 fully saturated rings. The van der Waals surface area contributed by atoms with Gasteiger partial charge in [-0.05, 0) is 18.4 Å². The maximum absolute atomic E-state index is 5.42. The van der Waals surface area contributed by atoms with E-state index in [0.717, 1.165) is 17.1 Å². The van der Waals surface area contributed by atoms with Crippen molar-refractivity contribution in [2.75, 3.05) is 25.8 Å². The minimum absolute atomic E-state index is 0.540. The number of benzene rings is 1. The van der Waals surface area contributed by atoms with Crippen LogP contribution in [-0.4, -0.2) is 40.4 Å². The molecule has 0 amide bonds. The first-order chi connectivity index (χ1) is 11.7. The smallest absolute Gasteiger partial charge is 0.188 e. The van der Waals surface area contributed by atoms with Crippen molar-refractivity contribution in [1.82, 2.24) is 19.9 Å². The van der Waals surface area contributed by atoms with E-state index in [0.29, 0.717) is 28.6 Å². The van der Waals surface area contributed by atoms with Gasteiger partial charge < -0.3 is 14.8 Å². The van der Waals surface area contributed by atoms with Crippen LogP contribution < -0.4 is 14.8 Å². The molecule has 0 bridgehead atoms. The van der Waals surface area contributed by atoms with Gasteiger partial charge in [0.2, 0.25) is 0 Å². The van der Waals surface area contributed by atoms with Gasteiger partial charge in [0.25, 0.3) is 0 Å². The van der Waals surface area contributed by atoms with E-state index < -0.39 is 0 Å². The number of nitrogens with zero attached hydrogens (tertiary/aromatic N) is 4. The third kappa shape index (κ3) is 3.33. The standard InChI is InChI=1S/C16H17N5O2S/c1-22-11-5-4-10(13(6-11)23-2)7-17-15-14-12(19-9-20-15)8-18-16(21-14)24-3/h4-6,8-9H,7H2,1-3H3,(H,17,19,20). The summed E-state index contributed by atoms with van der Waals surface area (Å²) in [6.45, 7) is 0.540. The van der Waals surface area contributed by atoms with Gasteiger partial charge >= 0.3 is 0 Å². The number of nitrogens with one attached hydrogen (secondary N) is 1. The monoisotopic (exact) mass is 343 g/mol. The van der Waals surface area contributed by atoms with E-state index >= 15 is 0 Å². The van der Waals surface area contributed by atoms with E-state index in [4.69, 9.17) is 9.47 Å². The third-order valence-electron chi connectivity index (χ3n) is 3.48. The fourth-order valence-electron chi connectivity index (χ4n) is 2.24. The molecule has 2 aromatic heterocycles. The highest BCUT2D eigenvalue weighted by Gasteiger charge is 2.09. The second-order valence-electron chi connectivity index (χ2n) is 4.84. The molecule has 0 spiro atoms. The average Bonchev–Trinajstić information content (AvgIpc) is 2.65. The zero-order chi connectivity index (χ0) is 16.9. The lowest BCUT2D eigenvalue weighted by atomic mass is 10.2. The van der Waals surface area contributed by atoms with Crippen LogP contribution in [0.25, 0.3) is 11.0 Å². The molecule has 24 heavy (non-hydrogen) atoms. The lowest BCUT2D eigenvalue weighted by Crippen LogP contribution is -2.05. The molecule has 1 N–H and O–H groups in total. The molecule has 1 aromatic carbocycles. The Morgan fingerprint density at radius 1 is 1.12 bits per heavy atom. The van der Waals surface area contributed by atoms with Gasteiger partial charge in [-0.15, -0.1) is 0 Å².